The summed E-state index contributed by atoms with van der Waals surface area (Å²) in [5.74, 6) is -0.256. The van der Waals surface area contributed by atoms with E-state index in [1.807, 2.05) is 0 Å². The number of amides is 2. The smallest absolute Gasteiger partial charge is 0.253 e. The van der Waals surface area contributed by atoms with Crippen LogP contribution in [0.25, 0.3) is 0 Å². The molecule has 2 aliphatic rings. The summed E-state index contributed by atoms with van der Waals surface area (Å²) in [6.45, 7) is 0. The second-order valence-corrected chi connectivity index (χ2v) is 3.67. The first kappa shape index (κ1) is 11.4. The Hall–Kier alpha value is -0.640. The van der Waals surface area contributed by atoms with Crippen LogP contribution in [0.3, 0.4) is 0 Å². The highest BCUT2D eigenvalue weighted by Crippen LogP contribution is 2.24. The molecule has 78 valence electrons. The SMILES string of the molecule is Br.O=C1C=CC(=O)N1C1CCCCC1. The van der Waals surface area contributed by atoms with Crippen LogP contribution in [0.15, 0.2) is 12.2 Å². The third kappa shape index (κ3) is 2.05. The molecule has 1 aliphatic heterocycles. The van der Waals surface area contributed by atoms with Crippen molar-refractivity contribution in [1.29, 1.82) is 0 Å². The Morgan fingerprint density at radius 3 is 2.00 bits per heavy atom. The van der Waals surface area contributed by atoms with Crippen molar-refractivity contribution in [2.75, 3.05) is 0 Å². The number of nitrogens with zero attached hydrogens (tertiary/aromatic N) is 1. The second kappa shape index (κ2) is 4.73. The van der Waals surface area contributed by atoms with Crippen LogP contribution in [0.4, 0.5) is 0 Å². The molecule has 1 saturated carbocycles. The van der Waals surface area contributed by atoms with Gasteiger partial charge in [-0.15, -0.1) is 17.0 Å². The predicted molar refractivity (Wildman–Crippen MR) is 58.2 cm³/mol. The quantitative estimate of drug-likeness (QED) is 0.674. The van der Waals surface area contributed by atoms with Gasteiger partial charge in [-0.3, -0.25) is 14.5 Å². The number of imide groups is 1. The number of hydrogen-bond donors (Lipinski definition) is 0. The lowest BCUT2D eigenvalue weighted by atomic mass is 9.94. The van der Waals surface area contributed by atoms with E-state index in [4.69, 9.17) is 0 Å². The molecule has 0 atom stereocenters. The van der Waals surface area contributed by atoms with Gasteiger partial charge in [-0.05, 0) is 12.8 Å². The molecule has 0 unspecified atom stereocenters. The monoisotopic (exact) mass is 259 g/mol. The molecule has 3 nitrogen and oxygen atoms in total. The van der Waals surface area contributed by atoms with Gasteiger partial charge < -0.3 is 0 Å². The Morgan fingerprint density at radius 1 is 1.00 bits per heavy atom. The van der Waals surface area contributed by atoms with Gasteiger partial charge >= 0.3 is 0 Å². The van der Waals surface area contributed by atoms with Crippen LogP contribution in [0.2, 0.25) is 0 Å². The molecule has 2 amide bonds. The van der Waals surface area contributed by atoms with Gasteiger partial charge in [-0.1, -0.05) is 19.3 Å². The van der Waals surface area contributed by atoms with Crippen molar-refractivity contribution >= 4 is 28.8 Å². The summed E-state index contributed by atoms with van der Waals surface area (Å²) >= 11 is 0. The summed E-state index contributed by atoms with van der Waals surface area (Å²) < 4.78 is 0. The van der Waals surface area contributed by atoms with Crippen LogP contribution in [0, 0.1) is 0 Å². The lowest BCUT2D eigenvalue weighted by molar-refractivity contribution is -0.140. The van der Waals surface area contributed by atoms with Crippen molar-refractivity contribution in [2.45, 2.75) is 38.1 Å². The van der Waals surface area contributed by atoms with Crippen LogP contribution in [0.5, 0.6) is 0 Å². The summed E-state index contributed by atoms with van der Waals surface area (Å²) in [7, 11) is 0. The van der Waals surface area contributed by atoms with E-state index in [2.05, 4.69) is 0 Å². The third-order valence-electron chi connectivity index (χ3n) is 2.78. The van der Waals surface area contributed by atoms with Gasteiger partial charge in [0.05, 0.1) is 0 Å². The largest absolute Gasteiger partial charge is 0.272 e. The topological polar surface area (TPSA) is 37.4 Å². The van der Waals surface area contributed by atoms with Crippen LogP contribution < -0.4 is 0 Å². The van der Waals surface area contributed by atoms with E-state index >= 15 is 0 Å². The molecule has 0 aromatic rings. The first-order valence-corrected chi connectivity index (χ1v) is 4.84. The highest BCUT2D eigenvalue weighted by Gasteiger charge is 2.31. The number of carbonyl (C=O) groups is 2. The van der Waals surface area contributed by atoms with E-state index in [-0.39, 0.29) is 34.8 Å². The molecule has 0 radical (unpaired) electrons. The first-order chi connectivity index (χ1) is 6.29. The Kier molecular flexibility index (Phi) is 3.86. The van der Waals surface area contributed by atoms with E-state index < -0.39 is 0 Å². The molecule has 0 aromatic heterocycles. The highest BCUT2D eigenvalue weighted by atomic mass is 79.9. The fourth-order valence-corrected chi connectivity index (χ4v) is 2.11. The second-order valence-electron chi connectivity index (χ2n) is 3.67. The van der Waals surface area contributed by atoms with Gasteiger partial charge in [-0.25, -0.2) is 0 Å². The normalized spacial score (nSPS) is 22.7. The molecular formula is C10H14BrNO2. The molecule has 0 spiro atoms. The van der Waals surface area contributed by atoms with Crippen molar-refractivity contribution in [2.24, 2.45) is 0 Å². The third-order valence-corrected chi connectivity index (χ3v) is 2.78. The Labute approximate surface area is 93.9 Å². The highest BCUT2D eigenvalue weighted by molar-refractivity contribution is 8.93. The fourth-order valence-electron chi connectivity index (χ4n) is 2.11. The maximum atomic E-state index is 11.3. The Balaban J connectivity index is 0.000000980. The van der Waals surface area contributed by atoms with Gasteiger partial charge in [0.15, 0.2) is 0 Å². The number of rotatable bonds is 1. The van der Waals surface area contributed by atoms with Crippen LogP contribution in [-0.4, -0.2) is 22.8 Å². The fraction of sp³-hybridized carbons (Fsp3) is 0.600. The minimum absolute atomic E-state index is 0. The van der Waals surface area contributed by atoms with E-state index in [9.17, 15) is 9.59 Å². The maximum Gasteiger partial charge on any atom is 0.253 e. The van der Waals surface area contributed by atoms with Crippen molar-refractivity contribution in [3.05, 3.63) is 12.2 Å². The van der Waals surface area contributed by atoms with Crippen molar-refractivity contribution in [1.82, 2.24) is 4.90 Å². The summed E-state index contributed by atoms with van der Waals surface area (Å²) in [6, 6.07) is 0.170. The molecule has 0 bridgehead atoms. The zero-order valence-corrected chi connectivity index (χ0v) is 9.65. The average Bonchev–Trinajstić information content (AvgIpc) is 2.48. The summed E-state index contributed by atoms with van der Waals surface area (Å²) in [6.07, 6.45) is 8.23. The number of carbonyl (C=O) groups excluding carboxylic acids is 2. The molecule has 0 N–H and O–H groups in total. The molecule has 2 rings (SSSR count). The molecule has 0 saturated heterocycles. The van der Waals surface area contributed by atoms with Gasteiger partial charge in [0, 0.05) is 18.2 Å². The van der Waals surface area contributed by atoms with Gasteiger partial charge in [0.2, 0.25) is 0 Å². The summed E-state index contributed by atoms with van der Waals surface area (Å²) in [5, 5.41) is 0. The molecule has 14 heavy (non-hydrogen) atoms. The standard InChI is InChI=1S/C10H13NO2.BrH/c12-9-6-7-10(13)11(9)8-4-2-1-3-5-8;/h6-8H,1-5H2;1H. The van der Waals surface area contributed by atoms with E-state index in [1.54, 1.807) is 0 Å². The molecular weight excluding hydrogens is 246 g/mol. The maximum absolute atomic E-state index is 11.3. The minimum Gasteiger partial charge on any atom is -0.272 e. The van der Waals surface area contributed by atoms with Crippen LogP contribution >= 0.6 is 17.0 Å². The summed E-state index contributed by atoms with van der Waals surface area (Å²) in [5.41, 5.74) is 0. The van der Waals surface area contributed by atoms with Crippen molar-refractivity contribution < 1.29 is 9.59 Å². The van der Waals surface area contributed by atoms with Gasteiger partial charge in [0.1, 0.15) is 0 Å². The lowest BCUT2D eigenvalue weighted by Gasteiger charge is -2.29. The van der Waals surface area contributed by atoms with Gasteiger partial charge in [-0.2, -0.15) is 0 Å². The molecule has 1 heterocycles. The zero-order valence-electron chi connectivity index (χ0n) is 7.94. The van der Waals surface area contributed by atoms with E-state index in [1.165, 1.54) is 23.5 Å². The van der Waals surface area contributed by atoms with Gasteiger partial charge in [0.25, 0.3) is 11.8 Å². The zero-order chi connectivity index (χ0) is 9.26. The summed E-state index contributed by atoms with van der Waals surface area (Å²) in [4.78, 5) is 24.0. The van der Waals surface area contributed by atoms with E-state index in [0.717, 1.165) is 25.7 Å². The molecule has 1 aliphatic carbocycles. The van der Waals surface area contributed by atoms with Crippen molar-refractivity contribution in [3.63, 3.8) is 0 Å². The Morgan fingerprint density at radius 2 is 1.50 bits per heavy atom. The lowest BCUT2D eigenvalue weighted by Crippen LogP contribution is -2.41. The predicted octanol–water partition coefficient (Wildman–Crippen LogP) is 1.82. The minimum atomic E-state index is -0.128. The number of hydrogen-bond acceptors (Lipinski definition) is 2. The average molecular weight is 260 g/mol. The van der Waals surface area contributed by atoms with Crippen LogP contribution in [0.1, 0.15) is 32.1 Å². The van der Waals surface area contributed by atoms with Crippen LogP contribution in [-0.2, 0) is 9.59 Å². The molecule has 1 fully saturated rings. The van der Waals surface area contributed by atoms with Crippen molar-refractivity contribution in [3.8, 4) is 0 Å². The molecule has 0 aromatic carbocycles. The first-order valence-electron chi connectivity index (χ1n) is 4.84. The number of halogens is 1. The van der Waals surface area contributed by atoms with E-state index in [0.29, 0.717) is 0 Å². The molecule has 4 heteroatoms. The Bertz CT molecular complexity index is 251.